The largest absolute Gasteiger partial charge is 0.361 e. The number of urea groups is 1. The lowest BCUT2D eigenvalue weighted by Gasteiger charge is -2.34. The molecule has 7 heteroatoms. The van der Waals surface area contributed by atoms with Gasteiger partial charge in [0.15, 0.2) is 0 Å². The number of hydrazine groups is 1. The molecule has 146 valence electrons. The molecule has 0 aliphatic carbocycles. The number of fused-ring (bicyclic) bond motifs is 1. The van der Waals surface area contributed by atoms with E-state index in [2.05, 4.69) is 51.1 Å². The van der Waals surface area contributed by atoms with Crippen LogP contribution in [0.3, 0.4) is 0 Å². The van der Waals surface area contributed by atoms with Gasteiger partial charge in [0.25, 0.3) is 0 Å². The van der Waals surface area contributed by atoms with E-state index >= 15 is 0 Å². The Balaban J connectivity index is 1.21. The van der Waals surface area contributed by atoms with Crippen molar-refractivity contribution in [2.75, 3.05) is 38.0 Å². The predicted octanol–water partition coefficient (Wildman–Crippen LogP) is 3.72. The van der Waals surface area contributed by atoms with Crippen LogP contribution in [-0.2, 0) is 6.42 Å². The van der Waals surface area contributed by atoms with E-state index in [0.717, 1.165) is 44.8 Å². The maximum absolute atomic E-state index is 12.1. The number of hydrogen-bond donors (Lipinski definition) is 3. The maximum atomic E-state index is 12.1. The normalized spacial score (nSPS) is 15.6. The van der Waals surface area contributed by atoms with Crippen molar-refractivity contribution in [2.24, 2.45) is 0 Å². The lowest BCUT2D eigenvalue weighted by molar-refractivity contribution is 0.102. The zero-order valence-corrected chi connectivity index (χ0v) is 16.4. The number of para-hydroxylation sites is 1. The number of benzene rings is 2. The van der Waals surface area contributed by atoms with Gasteiger partial charge in [0.2, 0.25) is 0 Å². The molecule has 3 aromatic rings. The van der Waals surface area contributed by atoms with E-state index in [4.69, 9.17) is 11.6 Å². The lowest BCUT2D eigenvalue weighted by atomic mass is 10.1. The SMILES string of the molecule is O=C(Nc1ccc(Cl)cc1)NN1CCN(CCc2c[nH]c3ccccc23)CC1. The Hall–Kier alpha value is -2.54. The van der Waals surface area contributed by atoms with Crippen LogP contribution in [0.15, 0.2) is 54.7 Å². The minimum absolute atomic E-state index is 0.227. The fourth-order valence-electron chi connectivity index (χ4n) is 3.54. The number of anilines is 1. The Morgan fingerprint density at radius 2 is 1.79 bits per heavy atom. The molecule has 2 heterocycles. The quantitative estimate of drug-likeness (QED) is 0.614. The first-order valence-corrected chi connectivity index (χ1v) is 9.91. The summed E-state index contributed by atoms with van der Waals surface area (Å²) in [6.07, 6.45) is 3.14. The minimum Gasteiger partial charge on any atom is -0.361 e. The molecule has 1 fully saturated rings. The minimum atomic E-state index is -0.227. The molecule has 0 atom stereocenters. The van der Waals surface area contributed by atoms with Crippen LogP contribution >= 0.6 is 11.6 Å². The fourth-order valence-corrected chi connectivity index (χ4v) is 3.66. The monoisotopic (exact) mass is 397 g/mol. The molecule has 0 saturated carbocycles. The van der Waals surface area contributed by atoms with Crippen LogP contribution in [-0.4, -0.2) is 53.6 Å². The van der Waals surface area contributed by atoms with Crippen LogP contribution in [0.2, 0.25) is 5.02 Å². The molecule has 0 spiro atoms. The van der Waals surface area contributed by atoms with Crippen molar-refractivity contribution in [1.82, 2.24) is 20.3 Å². The van der Waals surface area contributed by atoms with Crippen molar-refractivity contribution in [3.8, 4) is 0 Å². The van der Waals surface area contributed by atoms with Gasteiger partial charge in [0.05, 0.1) is 0 Å². The number of hydrogen-bond acceptors (Lipinski definition) is 3. The van der Waals surface area contributed by atoms with E-state index < -0.39 is 0 Å². The van der Waals surface area contributed by atoms with Gasteiger partial charge < -0.3 is 15.2 Å². The summed E-state index contributed by atoms with van der Waals surface area (Å²) in [6.45, 7) is 4.50. The number of nitrogens with zero attached hydrogens (tertiary/aromatic N) is 2. The van der Waals surface area contributed by atoms with E-state index in [1.54, 1.807) is 24.3 Å². The molecule has 1 saturated heterocycles. The number of nitrogens with one attached hydrogen (secondary N) is 3. The van der Waals surface area contributed by atoms with Crippen molar-refractivity contribution in [1.29, 1.82) is 0 Å². The number of carbonyl (C=O) groups is 1. The third-order valence-electron chi connectivity index (χ3n) is 5.11. The number of carbonyl (C=O) groups excluding carboxylic acids is 1. The number of halogens is 1. The van der Waals surface area contributed by atoms with Crippen LogP contribution in [0.25, 0.3) is 10.9 Å². The molecule has 1 aromatic heterocycles. The van der Waals surface area contributed by atoms with Crippen LogP contribution in [0, 0.1) is 0 Å². The van der Waals surface area contributed by atoms with Crippen LogP contribution < -0.4 is 10.7 Å². The number of aromatic amines is 1. The molecule has 3 N–H and O–H groups in total. The first-order valence-electron chi connectivity index (χ1n) is 9.53. The summed E-state index contributed by atoms with van der Waals surface area (Å²) >= 11 is 5.86. The second kappa shape index (κ2) is 8.65. The molecule has 1 aliphatic heterocycles. The first kappa shape index (κ1) is 18.8. The average Bonchev–Trinajstić information content (AvgIpc) is 3.12. The van der Waals surface area contributed by atoms with E-state index in [-0.39, 0.29) is 6.03 Å². The number of aromatic nitrogens is 1. The summed E-state index contributed by atoms with van der Waals surface area (Å²) < 4.78 is 0. The van der Waals surface area contributed by atoms with Crippen molar-refractivity contribution >= 4 is 34.2 Å². The summed E-state index contributed by atoms with van der Waals surface area (Å²) in [5.41, 5.74) is 6.19. The highest BCUT2D eigenvalue weighted by atomic mass is 35.5. The Kier molecular flexibility index (Phi) is 5.81. The second-order valence-corrected chi connectivity index (χ2v) is 7.45. The summed E-state index contributed by atoms with van der Waals surface area (Å²) in [5, 5.41) is 6.74. The van der Waals surface area contributed by atoms with E-state index in [0.29, 0.717) is 5.02 Å². The van der Waals surface area contributed by atoms with Gasteiger partial charge in [-0.1, -0.05) is 29.8 Å². The molecule has 1 aliphatic rings. The molecule has 0 radical (unpaired) electrons. The zero-order valence-electron chi connectivity index (χ0n) is 15.6. The van der Waals surface area contributed by atoms with E-state index in [1.807, 2.05) is 5.01 Å². The second-order valence-electron chi connectivity index (χ2n) is 7.01. The number of H-pyrrole nitrogens is 1. The molecule has 6 nitrogen and oxygen atoms in total. The van der Waals surface area contributed by atoms with Crippen molar-refractivity contribution in [3.63, 3.8) is 0 Å². The highest BCUT2D eigenvalue weighted by molar-refractivity contribution is 6.30. The molecule has 2 amide bonds. The van der Waals surface area contributed by atoms with E-state index in [1.165, 1.54) is 16.5 Å². The Morgan fingerprint density at radius 3 is 2.57 bits per heavy atom. The first-order chi connectivity index (χ1) is 13.7. The molecular formula is C21H24ClN5O. The van der Waals surface area contributed by atoms with Crippen LogP contribution in [0.5, 0.6) is 0 Å². The number of amides is 2. The maximum Gasteiger partial charge on any atom is 0.333 e. The molecule has 2 aromatic carbocycles. The zero-order chi connectivity index (χ0) is 19.3. The third-order valence-corrected chi connectivity index (χ3v) is 5.36. The van der Waals surface area contributed by atoms with Crippen molar-refractivity contribution < 1.29 is 4.79 Å². The molecule has 0 unspecified atom stereocenters. The summed E-state index contributed by atoms with van der Waals surface area (Å²) in [4.78, 5) is 17.9. The Morgan fingerprint density at radius 1 is 1.04 bits per heavy atom. The van der Waals surface area contributed by atoms with Crippen molar-refractivity contribution in [2.45, 2.75) is 6.42 Å². The third kappa shape index (κ3) is 4.65. The smallest absolute Gasteiger partial charge is 0.333 e. The summed E-state index contributed by atoms with van der Waals surface area (Å²) in [6, 6.07) is 15.3. The van der Waals surface area contributed by atoms with Gasteiger partial charge in [-0.2, -0.15) is 0 Å². The van der Waals surface area contributed by atoms with Gasteiger partial charge >= 0.3 is 6.03 Å². The fraction of sp³-hybridized carbons (Fsp3) is 0.286. The molecular weight excluding hydrogens is 374 g/mol. The highest BCUT2D eigenvalue weighted by Gasteiger charge is 2.18. The summed E-state index contributed by atoms with van der Waals surface area (Å²) in [5.74, 6) is 0. The van der Waals surface area contributed by atoms with Gasteiger partial charge in [0.1, 0.15) is 0 Å². The van der Waals surface area contributed by atoms with Crippen LogP contribution in [0.1, 0.15) is 5.56 Å². The average molecular weight is 398 g/mol. The Labute approximate surface area is 169 Å². The topological polar surface area (TPSA) is 63.4 Å². The standard InChI is InChI=1S/C21H24ClN5O/c22-17-5-7-18(8-6-17)24-21(28)25-27-13-11-26(12-14-27)10-9-16-15-23-20-4-2-1-3-19(16)20/h1-8,15,23H,9-14H2,(H2,24,25,28). The lowest BCUT2D eigenvalue weighted by Crippen LogP contribution is -2.54. The van der Waals surface area contributed by atoms with Gasteiger partial charge in [-0.3, -0.25) is 5.43 Å². The van der Waals surface area contributed by atoms with Gasteiger partial charge in [-0.15, -0.1) is 0 Å². The van der Waals surface area contributed by atoms with Crippen molar-refractivity contribution in [3.05, 3.63) is 65.3 Å². The van der Waals surface area contributed by atoms with Gasteiger partial charge in [-0.25, -0.2) is 9.80 Å². The van der Waals surface area contributed by atoms with Crippen LogP contribution in [0.4, 0.5) is 10.5 Å². The molecule has 28 heavy (non-hydrogen) atoms. The number of piperazine rings is 1. The highest BCUT2D eigenvalue weighted by Crippen LogP contribution is 2.18. The summed E-state index contributed by atoms with van der Waals surface area (Å²) in [7, 11) is 0. The predicted molar refractivity (Wildman–Crippen MR) is 114 cm³/mol. The van der Waals surface area contributed by atoms with Gasteiger partial charge in [-0.05, 0) is 42.3 Å². The van der Waals surface area contributed by atoms with Gasteiger partial charge in [0, 0.05) is 60.5 Å². The molecule has 0 bridgehead atoms. The molecule has 4 rings (SSSR count). The Bertz CT molecular complexity index is 931. The number of rotatable bonds is 5. The van der Waals surface area contributed by atoms with E-state index in [9.17, 15) is 4.79 Å².